The van der Waals surface area contributed by atoms with Crippen LogP contribution in [0.5, 0.6) is 0 Å². The van der Waals surface area contributed by atoms with Gasteiger partial charge in [0.2, 0.25) is 5.60 Å². The van der Waals surface area contributed by atoms with Gasteiger partial charge >= 0.3 is 6.18 Å². The van der Waals surface area contributed by atoms with Gasteiger partial charge in [-0.2, -0.15) is 13.2 Å². The molecule has 0 radical (unpaired) electrons. The summed E-state index contributed by atoms with van der Waals surface area (Å²) in [4.78, 5) is 13.2. The Balaban J connectivity index is 2.06. The van der Waals surface area contributed by atoms with Gasteiger partial charge in [0.1, 0.15) is 11.5 Å². The number of aryl methyl sites for hydroxylation is 2. The third-order valence-corrected chi connectivity index (χ3v) is 4.35. The van der Waals surface area contributed by atoms with Crippen LogP contribution in [-0.4, -0.2) is 23.7 Å². The van der Waals surface area contributed by atoms with Gasteiger partial charge in [0, 0.05) is 17.8 Å². The van der Waals surface area contributed by atoms with Crippen LogP contribution in [-0.2, 0) is 5.60 Å². The fraction of sp³-hybridized carbons (Fsp3) is 0.400. The second-order valence-electron chi connectivity index (χ2n) is 5.18. The van der Waals surface area contributed by atoms with Crippen LogP contribution in [0.4, 0.5) is 13.2 Å². The Morgan fingerprint density at radius 3 is 2.43 bits per heavy atom. The average molecular weight is 347 g/mol. The lowest BCUT2D eigenvalue weighted by molar-refractivity contribution is -0.274. The molecule has 0 aliphatic rings. The summed E-state index contributed by atoms with van der Waals surface area (Å²) in [5, 5.41) is 12.4. The number of amides is 1. The third-order valence-electron chi connectivity index (χ3n) is 3.35. The number of rotatable bonds is 5. The minimum Gasteiger partial charge on any atom is -0.463 e. The summed E-state index contributed by atoms with van der Waals surface area (Å²) < 4.78 is 44.6. The lowest BCUT2D eigenvalue weighted by atomic mass is 9.95. The lowest BCUT2D eigenvalue weighted by Gasteiger charge is -2.28. The monoisotopic (exact) mass is 347 g/mol. The number of hydrogen-bond acceptors (Lipinski definition) is 4. The summed E-state index contributed by atoms with van der Waals surface area (Å²) >= 11 is 1.24. The molecule has 126 valence electrons. The molecule has 0 saturated heterocycles. The van der Waals surface area contributed by atoms with E-state index in [1.54, 1.807) is 12.1 Å². The van der Waals surface area contributed by atoms with E-state index in [1.165, 1.54) is 24.3 Å². The first-order chi connectivity index (χ1) is 10.6. The second kappa shape index (κ2) is 6.37. The van der Waals surface area contributed by atoms with Gasteiger partial charge in [0.25, 0.3) is 5.91 Å². The number of aliphatic hydroxyl groups is 1. The maximum atomic E-state index is 13.2. The number of nitrogens with one attached hydrogen (secondary N) is 1. The van der Waals surface area contributed by atoms with Gasteiger partial charge in [0.15, 0.2) is 0 Å². The number of halogens is 3. The Bertz CT molecular complexity index is 692. The van der Waals surface area contributed by atoms with E-state index in [2.05, 4.69) is 5.32 Å². The molecule has 2 rings (SSSR count). The standard InChI is InChI=1S/C15H16F3NO3S/c1-9-3-6-12(22-9)14(21,15(16,17)18)7-8-19-13(20)11-5-4-10(2)23-11/h3-6,21H,7-8H2,1-2H3,(H,19,20)/t14-/m1/s1. The molecule has 0 aliphatic heterocycles. The van der Waals surface area contributed by atoms with Crippen LogP contribution in [0.1, 0.15) is 32.5 Å². The van der Waals surface area contributed by atoms with Crippen LogP contribution in [0.25, 0.3) is 0 Å². The molecule has 0 fully saturated rings. The van der Waals surface area contributed by atoms with Gasteiger partial charge in [-0.1, -0.05) is 0 Å². The predicted molar refractivity (Wildman–Crippen MR) is 79.4 cm³/mol. The van der Waals surface area contributed by atoms with Gasteiger partial charge < -0.3 is 14.8 Å². The van der Waals surface area contributed by atoms with E-state index in [-0.39, 0.29) is 12.3 Å². The number of furan rings is 1. The van der Waals surface area contributed by atoms with Crippen molar-refractivity contribution in [1.29, 1.82) is 0 Å². The van der Waals surface area contributed by atoms with Crippen LogP contribution in [0.2, 0.25) is 0 Å². The molecule has 0 saturated carbocycles. The molecule has 1 atom stereocenters. The number of hydrogen-bond donors (Lipinski definition) is 2. The number of alkyl halides is 3. The Kier molecular flexibility index (Phi) is 4.86. The molecule has 4 nitrogen and oxygen atoms in total. The van der Waals surface area contributed by atoms with E-state index in [4.69, 9.17) is 4.42 Å². The van der Waals surface area contributed by atoms with Gasteiger partial charge in [-0.05, 0) is 38.1 Å². The predicted octanol–water partition coefficient (Wildman–Crippen LogP) is 3.53. The van der Waals surface area contributed by atoms with Crippen molar-refractivity contribution in [2.45, 2.75) is 32.0 Å². The quantitative estimate of drug-likeness (QED) is 0.870. The van der Waals surface area contributed by atoms with Gasteiger partial charge in [-0.3, -0.25) is 4.79 Å². The second-order valence-corrected chi connectivity index (χ2v) is 6.47. The number of thiophene rings is 1. The van der Waals surface area contributed by atoms with Crippen molar-refractivity contribution in [3.8, 4) is 0 Å². The van der Waals surface area contributed by atoms with Crippen molar-refractivity contribution < 1.29 is 27.5 Å². The summed E-state index contributed by atoms with van der Waals surface area (Å²) in [6.07, 6.45) is -5.65. The lowest BCUT2D eigenvalue weighted by Crippen LogP contribution is -2.44. The minimum atomic E-state index is -4.92. The van der Waals surface area contributed by atoms with Crippen molar-refractivity contribution in [2.24, 2.45) is 0 Å². The van der Waals surface area contributed by atoms with E-state index in [9.17, 15) is 23.1 Å². The van der Waals surface area contributed by atoms with E-state index in [0.717, 1.165) is 10.9 Å². The van der Waals surface area contributed by atoms with Crippen LogP contribution < -0.4 is 5.32 Å². The topological polar surface area (TPSA) is 62.5 Å². The Morgan fingerprint density at radius 1 is 1.26 bits per heavy atom. The highest BCUT2D eigenvalue weighted by Crippen LogP contribution is 2.42. The summed E-state index contributed by atoms with van der Waals surface area (Å²) in [5.41, 5.74) is -3.14. The largest absolute Gasteiger partial charge is 0.463 e. The molecule has 1 amide bonds. The maximum Gasteiger partial charge on any atom is 0.424 e. The van der Waals surface area contributed by atoms with E-state index in [1.807, 2.05) is 6.92 Å². The molecule has 0 bridgehead atoms. The molecular formula is C15H16F3NO3S. The first-order valence-electron chi connectivity index (χ1n) is 6.84. The average Bonchev–Trinajstić information content (AvgIpc) is 3.06. The molecule has 0 aromatic carbocycles. The molecule has 2 aromatic rings. The minimum absolute atomic E-state index is 0.265. The third kappa shape index (κ3) is 3.76. The van der Waals surface area contributed by atoms with Gasteiger partial charge in [-0.15, -0.1) is 11.3 Å². The number of carbonyl (C=O) groups excluding carboxylic acids is 1. The van der Waals surface area contributed by atoms with Crippen LogP contribution in [0, 0.1) is 13.8 Å². The zero-order valence-electron chi connectivity index (χ0n) is 12.5. The summed E-state index contributed by atoms with van der Waals surface area (Å²) in [6.45, 7) is 2.97. The summed E-state index contributed by atoms with van der Waals surface area (Å²) in [7, 11) is 0. The van der Waals surface area contributed by atoms with E-state index >= 15 is 0 Å². The Morgan fingerprint density at radius 2 is 1.96 bits per heavy atom. The van der Waals surface area contributed by atoms with Crippen LogP contribution in [0.3, 0.4) is 0 Å². The van der Waals surface area contributed by atoms with Crippen LogP contribution >= 0.6 is 11.3 Å². The van der Waals surface area contributed by atoms with Crippen molar-refractivity contribution in [3.05, 3.63) is 45.5 Å². The molecule has 2 heterocycles. The summed E-state index contributed by atoms with van der Waals surface area (Å²) in [5.74, 6) is -0.785. The van der Waals surface area contributed by atoms with Crippen molar-refractivity contribution in [1.82, 2.24) is 5.32 Å². The molecule has 0 aliphatic carbocycles. The zero-order chi connectivity index (χ0) is 17.3. The van der Waals surface area contributed by atoms with Gasteiger partial charge in [0.05, 0.1) is 4.88 Å². The highest BCUT2D eigenvalue weighted by Gasteiger charge is 2.56. The fourth-order valence-electron chi connectivity index (χ4n) is 2.06. The van der Waals surface area contributed by atoms with Crippen molar-refractivity contribution >= 4 is 17.2 Å². The first kappa shape index (κ1) is 17.6. The van der Waals surface area contributed by atoms with Crippen LogP contribution in [0.15, 0.2) is 28.7 Å². The van der Waals surface area contributed by atoms with Crippen molar-refractivity contribution in [2.75, 3.05) is 6.54 Å². The molecule has 2 aromatic heterocycles. The highest BCUT2D eigenvalue weighted by molar-refractivity contribution is 7.13. The molecule has 0 spiro atoms. The molecule has 2 N–H and O–H groups in total. The smallest absolute Gasteiger partial charge is 0.424 e. The fourth-order valence-corrected chi connectivity index (χ4v) is 2.85. The molecular weight excluding hydrogens is 331 g/mol. The maximum absolute atomic E-state index is 13.2. The number of carbonyl (C=O) groups is 1. The zero-order valence-corrected chi connectivity index (χ0v) is 13.3. The highest BCUT2D eigenvalue weighted by atomic mass is 32.1. The first-order valence-corrected chi connectivity index (χ1v) is 7.66. The normalized spacial score (nSPS) is 14.5. The molecule has 0 unspecified atom stereocenters. The molecule has 23 heavy (non-hydrogen) atoms. The summed E-state index contributed by atoms with van der Waals surface area (Å²) in [6, 6.07) is 5.78. The Labute approximate surface area is 134 Å². The van der Waals surface area contributed by atoms with Crippen molar-refractivity contribution in [3.63, 3.8) is 0 Å². The van der Waals surface area contributed by atoms with E-state index < -0.39 is 29.9 Å². The Hall–Kier alpha value is -1.80. The van der Waals surface area contributed by atoms with Gasteiger partial charge in [-0.25, -0.2) is 0 Å². The SMILES string of the molecule is Cc1ccc([C@](O)(CCNC(=O)c2ccc(C)s2)C(F)(F)F)o1. The van der Waals surface area contributed by atoms with E-state index in [0.29, 0.717) is 4.88 Å². The molecule has 8 heteroatoms.